The molecule has 0 aliphatic carbocycles. The molecule has 1 heterocycles. The van der Waals surface area contributed by atoms with Crippen LogP contribution in [-0.4, -0.2) is 30.1 Å². The van der Waals surface area contributed by atoms with Crippen LogP contribution < -0.4 is 5.32 Å². The van der Waals surface area contributed by atoms with Crippen LogP contribution in [-0.2, 0) is 13.3 Å². The first-order valence-electron chi connectivity index (χ1n) is 9.14. The van der Waals surface area contributed by atoms with Gasteiger partial charge in [0.2, 0.25) is 0 Å². The van der Waals surface area contributed by atoms with E-state index in [1.54, 1.807) is 21.3 Å². The lowest BCUT2D eigenvalue weighted by molar-refractivity contribution is 0.122. The van der Waals surface area contributed by atoms with E-state index >= 15 is 0 Å². The van der Waals surface area contributed by atoms with Crippen LogP contribution in [0.25, 0.3) is 0 Å². The lowest BCUT2D eigenvalue weighted by atomic mass is 10.1. The number of allylic oxidation sites excluding steroid dienone is 4. The first kappa shape index (κ1) is 23.1. The van der Waals surface area contributed by atoms with Gasteiger partial charge in [-0.15, -0.1) is 0 Å². The summed E-state index contributed by atoms with van der Waals surface area (Å²) in [5.74, 6) is 0. The lowest BCUT2D eigenvalue weighted by Gasteiger charge is -2.24. The highest BCUT2D eigenvalue weighted by atomic mass is 28.4. The molecular formula is C19H37NO3Si. The van der Waals surface area contributed by atoms with Crippen molar-refractivity contribution in [1.82, 2.24) is 5.32 Å². The van der Waals surface area contributed by atoms with Crippen LogP contribution in [0, 0.1) is 0 Å². The number of hydrogen-bond acceptors (Lipinski definition) is 4. The van der Waals surface area contributed by atoms with Gasteiger partial charge in [-0.25, -0.2) is 0 Å². The largest absolute Gasteiger partial charge is 0.500 e. The van der Waals surface area contributed by atoms with E-state index in [9.17, 15) is 0 Å². The summed E-state index contributed by atoms with van der Waals surface area (Å²) in [6, 6.07) is 0.936. The topological polar surface area (TPSA) is 39.7 Å². The van der Waals surface area contributed by atoms with Crippen LogP contribution >= 0.6 is 0 Å². The standard InChI is InChI=1S/C13H30O3Si.C6H7N/c1-5-6-7-8-9-10-11-12-13-17(14-2,15-3)16-4;1-2-4-6-7-5-3-1/h5-13H2,1-4H3;1-7H. The summed E-state index contributed by atoms with van der Waals surface area (Å²) in [7, 11) is 2.75. The van der Waals surface area contributed by atoms with Crippen molar-refractivity contribution < 1.29 is 13.3 Å². The fourth-order valence-corrected chi connectivity index (χ4v) is 4.23. The fourth-order valence-electron chi connectivity index (χ4n) is 2.44. The molecule has 5 heteroatoms. The Morgan fingerprint density at radius 1 is 0.667 bits per heavy atom. The highest BCUT2D eigenvalue weighted by Crippen LogP contribution is 2.18. The second-order valence-corrected chi connectivity index (χ2v) is 8.88. The SMILES string of the molecule is C1=CC=CNC=C1.CCCCCCCCCC[Si](OC)(OC)OC. The minimum absolute atomic E-state index is 0.936. The third kappa shape index (κ3) is 12.5. The van der Waals surface area contributed by atoms with Crippen LogP contribution in [0.3, 0.4) is 0 Å². The van der Waals surface area contributed by atoms with Gasteiger partial charge in [-0.2, -0.15) is 0 Å². The van der Waals surface area contributed by atoms with Gasteiger partial charge >= 0.3 is 8.80 Å². The Labute approximate surface area is 150 Å². The zero-order chi connectivity index (χ0) is 17.9. The summed E-state index contributed by atoms with van der Waals surface area (Å²) < 4.78 is 16.2. The maximum atomic E-state index is 5.39. The maximum absolute atomic E-state index is 5.39. The number of rotatable bonds is 12. The Morgan fingerprint density at radius 3 is 1.58 bits per heavy atom. The maximum Gasteiger partial charge on any atom is 0.500 e. The lowest BCUT2D eigenvalue weighted by Crippen LogP contribution is -2.42. The Balaban J connectivity index is 0.000000620. The molecule has 0 aromatic carbocycles. The van der Waals surface area contributed by atoms with Crippen molar-refractivity contribution >= 4 is 8.80 Å². The molecule has 0 unspecified atom stereocenters. The molecule has 24 heavy (non-hydrogen) atoms. The van der Waals surface area contributed by atoms with E-state index < -0.39 is 8.80 Å². The molecule has 0 spiro atoms. The number of unbranched alkanes of at least 4 members (excludes halogenated alkanes) is 7. The first-order chi connectivity index (χ1) is 11.7. The quantitative estimate of drug-likeness (QED) is 0.387. The molecule has 1 rings (SSSR count). The van der Waals surface area contributed by atoms with E-state index in [0.29, 0.717) is 0 Å². The van der Waals surface area contributed by atoms with E-state index in [1.807, 2.05) is 36.7 Å². The predicted octanol–water partition coefficient (Wildman–Crippen LogP) is 5.18. The Kier molecular flexibility index (Phi) is 16.3. The molecule has 1 aliphatic rings. The molecule has 0 saturated carbocycles. The van der Waals surface area contributed by atoms with Gasteiger partial charge in [0.1, 0.15) is 0 Å². The molecule has 1 N–H and O–H groups in total. The molecule has 0 bridgehead atoms. The summed E-state index contributed by atoms with van der Waals surface area (Å²) >= 11 is 0. The zero-order valence-corrected chi connectivity index (χ0v) is 17.1. The van der Waals surface area contributed by atoms with Gasteiger partial charge in [0.05, 0.1) is 0 Å². The summed E-state index contributed by atoms with van der Waals surface area (Å²) in [6.45, 7) is 2.25. The van der Waals surface area contributed by atoms with Crippen molar-refractivity contribution in [3.63, 3.8) is 0 Å². The summed E-state index contributed by atoms with van der Waals surface area (Å²) in [5.41, 5.74) is 0. The second kappa shape index (κ2) is 17.0. The summed E-state index contributed by atoms with van der Waals surface area (Å²) in [6.07, 6.45) is 22.2. The van der Waals surface area contributed by atoms with E-state index in [2.05, 4.69) is 12.2 Å². The third-order valence-electron chi connectivity index (χ3n) is 3.99. The molecule has 140 valence electrons. The van der Waals surface area contributed by atoms with Crippen molar-refractivity contribution in [3.8, 4) is 0 Å². The molecular weight excluding hydrogens is 318 g/mol. The molecule has 0 fully saturated rings. The van der Waals surface area contributed by atoms with Gasteiger partial charge in [0.15, 0.2) is 0 Å². The summed E-state index contributed by atoms with van der Waals surface area (Å²) in [4.78, 5) is 0. The first-order valence-corrected chi connectivity index (χ1v) is 11.1. The van der Waals surface area contributed by atoms with Crippen molar-refractivity contribution in [1.29, 1.82) is 0 Å². The minimum atomic E-state index is -2.30. The summed E-state index contributed by atoms with van der Waals surface area (Å²) in [5, 5.41) is 2.92. The molecule has 4 nitrogen and oxygen atoms in total. The van der Waals surface area contributed by atoms with E-state index in [-0.39, 0.29) is 0 Å². The van der Waals surface area contributed by atoms with Crippen molar-refractivity contribution in [3.05, 3.63) is 36.7 Å². The predicted molar refractivity (Wildman–Crippen MR) is 105 cm³/mol. The Bertz CT molecular complexity index is 330. The Hall–Kier alpha value is -0.883. The van der Waals surface area contributed by atoms with Crippen LogP contribution in [0.4, 0.5) is 0 Å². The molecule has 0 amide bonds. The highest BCUT2D eigenvalue weighted by Gasteiger charge is 2.36. The minimum Gasteiger partial charge on any atom is -0.377 e. The fraction of sp³-hybridized carbons (Fsp3) is 0.684. The number of hydrogen-bond donors (Lipinski definition) is 1. The van der Waals surface area contributed by atoms with Crippen molar-refractivity contribution in [2.45, 2.75) is 64.3 Å². The molecule has 0 radical (unpaired) electrons. The molecule has 0 saturated heterocycles. The molecule has 1 aliphatic heterocycles. The van der Waals surface area contributed by atoms with Crippen molar-refractivity contribution in [2.75, 3.05) is 21.3 Å². The third-order valence-corrected chi connectivity index (χ3v) is 6.82. The van der Waals surface area contributed by atoms with E-state index in [0.717, 1.165) is 12.5 Å². The zero-order valence-electron chi connectivity index (χ0n) is 16.1. The Morgan fingerprint density at radius 2 is 1.12 bits per heavy atom. The monoisotopic (exact) mass is 355 g/mol. The van der Waals surface area contributed by atoms with Gasteiger partial charge in [0, 0.05) is 39.8 Å². The van der Waals surface area contributed by atoms with Crippen LogP contribution in [0.5, 0.6) is 0 Å². The second-order valence-electron chi connectivity index (χ2n) is 5.79. The van der Waals surface area contributed by atoms with E-state index in [4.69, 9.17) is 13.3 Å². The number of nitrogens with one attached hydrogen (secondary N) is 1. The smallest absolute Gasteiger partial charge is 0.377 e. The van der Waals surface area contributed by atoms with Gasteiger partial charge in [-0.3, -0.25) is 0 Å². The molecule has 0 atom stereocenters. The molecule has 0 aromatic rings. The van der Waals surface area contributed by atoms with Crippen molar-refractivity contribution in [2.24, 2.45) is 0 Å². The van der Waals surface area contributed by atoms with Crippen LogP contribution in [0.2, 0.25) is 6.04 Å². The molecule has 0 aromatic heterocycles. The van der Waals surface area contributed by atoms with Gasteiger partial charge in [-0.1, -0.05) is 64.0 Å². The van der Waals surface area contributed by atoms with Crippen LogP contribution in [0.15, 0.2) is 36.7 Å². The van der Waals surface area contributed by atoms with Gasteiger partial charge in [-0.05, 0) is 18.6 Å². The van der Waals surface area contributed by atoms with E-state index in [1.165, 1.54) is 44.9 Å². The average Bonchev–Trinajstić information content (AvgIpc) is 2.95. The van der Waals surface area contributed by atoms with Gasteiger partial charge < -0.3 is 18.6 Å². The van der Waals surface area contributed by atoms with Gasteiger partial charge in [0.25, 0.3) is 0 Å². The normalized spacial score (nSPS) is 13.2. The average molecular weight is 356 g/mol. The highest BCUT2D eigenvalue weighted by molar-refractivity contribution is 6.60. The van der Waals surface area contributed by atoms with Crippen LogP contribution in [0.1, 0.15) is 58.3 Å².